The minimum absolute atomic E-state index is 0.0152. The third kappa shape index (κ3) is 6.03. The zero-order valence-electron chi connectivity index (χ0n) is 11.7. The molecule has 0 unspecified atom stereocenters. The van der Waals surface area contributed by atoms with Crippen LogP contribution in [0, 0.1) is 0 Å². The summed E-state index contributed by atoms with van der Waals surface area (Å²) in [6, 6.07) is 2.64. The molecular formula is C14H18F3NO3. The average molecular weight is 305 g/mol. The van der Waals surface area contributed by atoms with Gasteiger partial charge in [-0.25, -0.2) is 4.79 Å². The molecule has 0 aliphatic carbocycles. The summed E-state index contributed by atoms with van der Waals surface area (Å²) < 4.78 is 47.8. The topological polar surface area (TPSA) is 61.5 Å². The number of ether oxygens (including phenoxy) is 2. The van der Waals surface area contributed by atoms with Gasteiger partial charge in [-0.15, -0.1) is 0 Å². The van der Waals surface area contributed by atoms with Crippen LogP contribution in [-0.4, -0.2) is 25.8 Å². The van der Waals surface area contributed by atoms with Crippen molar-refractivity contribution in [1.82, 2.24) is 0 Å². The second kappa shape index (κ2) is 7.87. The number of carbonyl (C=O) groups excluding carboxylic acids is 1. The van der Waals surface area contributed by atoms with Crippen molar-refractivity contribution in [2.24, 2.45) is 0 Å². The van der Waals surface area contributed by atoms with Crippen LogP contribution in [0.3, 0.4) is 0 Å². The van der Waals surface area contributed by atoms with Crippen molar-refractivity contribution in [2.45, 2.75) is 25.9 Å². The second-order valence-corrected chi connectivity index (χ2v) is 4.44. The minimum atomic E-state index is -4.56. The monoisotopic (exact) mass is 305 g/mol. The molecule has 0 spiro atoms. The van der Waals surface area contributed by atoms with Gasteiger partial charge in [0.05, 0.1) is 17.7 Å². The number of alkyl halides is 3. The summed E-state index contributed by atoms with van der Waals surface area (Å²) in [7, 11) is 0. The molecule has 1 aromatic rings. The van der Waals surface area contributed by atoms with Crippen molar-refractivity contribution in [3.05, 3.63) is 29.3 Å². The van der Waals surface area contributed by atoms with Crippen molar-refractivity contribution in [3.63, 3.8) is 0 Å². The van der Waals surface area contributed by atoms with Gasteiger partial charge in [0.2, 0.25) is 0 Å². The van der Waals surface area contributed by atoms with Gasteiger partial charge in [-0.05, 0) is 24.6 Å². The summed E-state index contributed by atoms with van der Waals surface area (Å²) in [6.07, 6.45) is -2.67. The molecule has 0 heterocycles. The van der Waals surface area contributed by atoms with Crippen LogP contribution in [0.15, 0.2) is 18.2 Å². The number of nitrogens with two attached hydrogens (primary N) is 1. The maximum Gasteiger partial charge on any atom is 0.416 e. The molecule has 1 aromatic carbocycles. The molecule has 2 N–H and O–H groups in total. The van der Waals surface area contributed by atoms with Crippen molar-refractivity contribution in [2.75, 3.05) is 25.6 Å². The molecule has 4 nitrogen and oxygen atoms in total. The Kier molecular flexibility index (Phi) is 6.48. The van der Waals surface area contributed by atoms with E-state index in [1.807, 2.05) is 6.92 Å². The molecule has 0 aromatic heterocycles. The number of unbranched alkanes of at least 4 members (excludes halogenated alkanes) is 1. The molecule has 118 valence electrons. The molecule has 0 aliphatic heterocycles. The van der Waals surface area contributed by atoms with Gasteiger partial charge in [0.25, 0.3) is 0 Å². The van der Waals surface area contributed by atoms with Crippen LogP contribution in [0.4, 0.5) is 18.9 Å². The first-order valence-electron chi connectivity index (χ1n) is 6.57. The molecule has 0 saturated heterocycles. The van der Waals surface area contributed by atoms with Gasteiger partial charge in [0.1, 0.15) is 6.61 Å². The average Bonchev–Trinajstić information content (AvgIpc) is 2.40. The van der Waals surface area contributed by atoms with E-state index >= 15 is 0 Å². The summed E-state index contributed by atoms with van der Waals surface area (Å²) in [4.78, 5) is 11.7. The molecule has 7 heteroatoms. The number of nitrogen functional groups attached to an aromatic ring is 1. The molecule has 0 radical (unpaired) electrons. The minimum Gasteiger partial charge on any atom is -0.460 e. The quantitative estimate of drug-likeness (QED) is 0.477. The number of halogens is 3. The van der Waals surface area contributed by atoms with E-state index in [1.54, 1.807) is 0 Å². The fraction of sp³-hybridized carbons (Fsp3) is 0.500. The Balaban J connectivity index is 2.56. The highest BCUT2D eigenvalue weighted by molar-refractivity contribution is 5.90. The van der Waals surface area contributed by atoms with E-state index in [-0.39, 0.29) is 24.5 Å². The highest BCUT2D eigenvalue weighted by Gasteiger charge is 2.31. The lowest BCUT2D eigenvalue weighted by Gasteiger charge is -2.10. The van der Waals surface area contributed by atoms with E-state index in [1.165, 1.54) is 0 Å². The summed E-state index contributed by atoms with van der Waals surface area (Å²) >= 11 is 0. The van der Waals surface area contributed by atoms with Crippen LogP contribution in [0.5, 0.6) is 0 Å². The maximum absolute atomic E-state index is 12.6. The van der Waals surface area contributed by atoms with Crippen LogP contribution in [0.1, 0.15) is 35.7 Å². The van der Waals surface area contributed by atoms with Crippen molar-refractivity contribution in [1.29, 1.82) is 0 Å². The molecule has 1 rings (SSSR count). The Morgan fingerprint density at radius 2 is 1.90 bits per heavy atom. The molecule has 0 saturated carbocycles. The zero-order valence-corrected chi connectivity index (χ0v) is 11.7. The van der Waals surface area contributed by atoms with E-state index < -0.39 is 17.7 Å². The molecule has 0 aliphatic rings. The lowest BCUT2D eigenvalue weighted by Crippen LogP contribution is -2.13. The van der Waals surface area contributed by atoms with E-state index in [0.29, 0.717) is 6.61 Å². The molecule has 0 bridgehead atoms. The Morgan fingerprint density at radius 3 is 2.52 bits per heavy atom. The standard InChI is InChI=1S/C14H18F3NO3/c1-2-3-4-20-5-6-21-13(19)10-7-11(14(15,16)17)9-12(18)8-10/h7-9H,2-6,18H2,1H3. The van der Waals surface area contributed by atoms with Gasteiger partial charge in [-0.2, -0.15) is 13.2 Å². The van der Waals surface area contributed by atoms with Gasteiger partial charge < -0.3 is 15.2 Å². The van der Waals surface area contributed by atoms with Crippen molar-refractivity contribution in [3.8, 4) is 0 Å². The van der Waals surface area contributed by atoms with Crippen LogP contribution >= 0.6 is 0 Å². The number of rotatable bonds is 7. The van der Waals surface area contributed by atoms with Crippen LogP contribution in [0.25, 0.3) is 0 Å². The van der Waals surface area contributed by atoms with Crippen LogP contribution in [-0.2, 0) is 15.7 Å². The summed E-state index contributed by atoms with van der Waals surface area (Å²) in [5.74, 6) is -0.855. The van der Waals surface area contributed by atoms with E-state index in [2.05, 4.69) is 0 Å². The van der Waals surface area contributed by atoms with Gasteiger partial charge in [-0.1, -0.05) is 13.3 Å². The lowest BCUT2D eigenvalue weighted by molar-refractivity contribution is -0.137. The van der Waals surface area contributed by atoms with Gasteiger partial charge in [0, 0.05) is 12.3 Å². The summed E-state index contributed by atoms with van der Waals surface area (Å²) in [5.41, 5.74) is 4.02. The molecule has 0 amide bonds. The highest BCUT2D eigenvalue weighted by atomic mass is 19.4. The summed E-state index contributed by atoms with van der Waals surface area (Å²) in [6.45, 7) is 2.77. The number of benzene rings is 1. The first-order chi connectivity index (χ1) is 9.84. The van der Waals surface area contributed by atoms with Crippen LogP contribution < -0.4 is 5.73 Å². The van der Waals surface area contributed by atoms with E-state index in [4.69, 9.17) is 15.2 Å². The van der Waals surface area contributed by atoms with Crippen molar-refractivity contribution < 1.29 is 27.4 Å². The largest absolute Gasteiger partial charge is 0.460 e. The number of hydrogen-bond donors (Lipinski definition) is 1. The van der Waals surface area contributed by atoms with Crippen molar-refractivity contribution >= 4 is 11.7 Å². The van der Waals surface area contributed by atoms with Gasteiger partial charge in [-0.3, -0.25) is 0 Å². The normalized spacial score (nSPS) is 11.4. The fourth-order valence-electron chi connectivity index (χ4n) is 1.56. The predicted octanol–water partition coefficient (Wildman–Crippen LogP) is 3.26. The Labute approximate surface area is 121 Å². The SMILES string of the molecule is CCCCOCCOC(=O)c1cc(N)cc(C(F)(F)F)c1. The Morgan fingerprint density at radius 1 is 1.19 bits per heavy atom. The fourth-order valence-corrected chi connectivity index (χ4v) is 1.56. The predicted molar refractivity (Wildman–Crippen MR) is 71.9 cm³/mol. The van der Waals surface area contributed by atoms with E-state index in [0.717, 1.165) is 31.0 Å². The first-order valence-corrected chi connectivity index (χ1v) is 6.57. The maximum atomic E-state index is 12.6. The zero-order chi connectivity index (χ0) is 15.9. The number of carbonyl (C=O) groups is 1. The summed E-state index contributed by atoms with van der Waals surface area (Å²) in [5, 5.41) is 0. The van der Waals surface area contributed by atoms with Crippen LogP contribution in [0.2, 0.25) is 0 Å². The highest BCUT2D eigenvalue weighted by Crippen LogP contribution is 2.31. The number of anilines is 1. The third-order valence-electron chi connectivity index (χ3n) is 2.62. The second-order valence-electron chi connectivity index (χ2n) is 4.44. The smallest absolute Gasteiger partial charge is 0.416 e. The van der Waals surface area contributed by atoms with Gasteiger partial charge in [0.15, 0.2) is 0 Å². The van der Waals surface area contributed by atoms with E-state index in [9.17, 15) is 18.0 Å². The molecular weight excluding hydrogens is 287 g/mol. The first kappa shape index (κ1) is 17.3. The third-order valence-corrected chi connectivity index (χ3v) is 2.62. The molecule has 0 fully saturated rings. The number of esters is 1. The van der Waals surface area contributed by atoms with Gasteiger partial charge >= 0.3 is 12.1 Å². The molecule has 21 heavy (non-hydrogen) atoms. The molecule has 0 atom stereocenters. The Bertz CT molecular complexity index is 475. The lowest BCUT2D eigenvalue weighted by atomic mass is 10.1. The number of hydrogen-bond acceptors (Lipinski definition) is 4. The Hall–Kier alpha value is -1.76.